The van der Waals surface area contributed by atoms with E-state index in [1.54, 1.807) is 0 Å². The molecule has 0 radical (unpaired) electrons. The standard InChI is InChI=1S/C12H21B2NO3/c1-11(2)12(3,4)18-14(17-11)10-6-5-7-15(8-10)9-13-16/h6H,5,7-9H2,1-4H3. The Morgan fingerprint density at radius 3 is 2.50 bits per heavy atom. The van der Waals surface area contributed by atoms with Gasteiger partial charge in [0.15, 0.2) is 0 Å². The molecule has 1 fully saturated rings. The quantitative estimate of drug-likeness (QED) is 0.705. The van der Waals surface area contributed by atoms with E-state index < -0.39 is 0 Å². The van der Waals surface area contributed by atoms with Gasteiger partial charge >= 0.3 is 110 Å². The molecular formula is C12H21B2NO3. The van der Waals surface area contributed by atoms with Crippen molar-refractivity contribution in [2.24, 2.45) is 0 Å². The summed E-state index contributed by atoms with van der Waals surface area (Å²) in [6.45, 7) is 9.91. The van der Waals surface area contributed by atoms with Crippen molar-refractivity contribution in [2.75, 3.05) is 19.5 Å². The van der Waals surface area contributed by atoms with Crippen LogP contribution in [0.3, 0.4) is 0 Å². The Kier molecular flexibility index (Phi) is 3.81. The molecule has 0 aromatic carbocycles. The molecule has 0 saturated carbocycles. The first kappa shape index (κ1) is 14.0. The molecule has 0 aliphatic carbocycles. The molecule has 2 aliphatic heterocycles. The molecule has 0 amide bonds. The maximum absolute atomic E-state index is 10.6. The van der Waals surface area contributed by atoms with E-state index in [-0.39, 0.29) is 18.3 Å². The fourth-order valence-corrected chi connectivity index (χ4v) is 2.26. The van der Waals surface area contributed by atoms with Crippen LogP contribution in [0.1, 0.15) is 34.1 Å². The topological polar surface area (TPSA) is 38.8 Å². The minimum atomic E-state index is -0.300. The van der Waals surface area contributed by atoms with E-state index in [1.807, 2.05) is 0 Å². The monoisotopic (exact) mass is 249 g/mol. The van der Waals surface area contributed by atoms with Crippen LogP contribution in [-0.4, -0.2) is 49.9 Å². The van der Waals surface area contributed by atoms with Gasteiger partial charge in [-0.1, -0.05) is 0 Å². The molecule has 1 saturated heterocycles. The van der Waals surface area contributed by atoms with E-state index in [2.05, 4.69) is 38.7 Å². The zero-order chi connectivity index (χ0) is 13.4. The Morgan fingerprint density at radius 2 is 1.94 bits per heavy atom. The van der Waals surface area contributed by atoms with E-state index >= 15 is 0 Å². The number of hydrogen-bond acceptors (Lipinski definition) is 4. The van der Waals surface area contributed by atoms with E-state index in [1.165, 1.54) is 0 Å². The molecule has 2 rings (SSSR count). The predicted molar refractivity (Wildman–Crippen MR) is 71.7 cm³/mol. The Balaban J connectivity index is 2.06. The summed E-state index contributed by atoms with van der Waals surface area (Å²) < 4.78 is 22.6. The van der Waals surface area contributed by atoms with Gasteiger partial charge in [0.2, 0.25) is 0 Å². The van der Waals surface area contributed by atoms with Gasteiger partial charge in [-0.15, -0.1) is 0 Å². The van der Waals surface area contributed by atoms with Gasteiger partial charge in [-0.25, -0.2) is 0 Å². The summed E-state index contributed by atoms with van der Waals surface area (Å²) in [6.07, 6.45) is 3.62. The van der Waals surface area contributed by atoms with Crippen molar-refractivity contribution in [3.05, 3.63) is 11.5 Å². The summed E-state index contributed by atoms with van der Waals surface area (Å²) in [5.41, 5.74) is 0.540. The first-order valence-corrected chi connectivity index (χ1v) is 6.56. The molecule has 98 valence electrons. The van der Waals surface area contributed by atoms with Crippen LogP contribution in [0.15, 0.2) is 11.5 Å². The van der Waals surface area contributed by atoms with E-state index in [4.69, 9.17) is 9.31 Å². The van der Waals surface area contributed by atoms with Crippen LogP contribution < -0.4 is 0 Å². The summed E-state index contributed by atoms with van der Waals surface area (Å²) in [7, 11) is 0.678. The first-order chi connectivity index (χ1) is 8.36. The molecule has 0 spiro atoms. The summed E-state index contributed by atoms with van der Waals surface area (Å²) in [5, 5.41) is 0. The van der Waals surface area contributed by atoms with Crippen LogP contribution in [0.5, 0.6) is 0 Å². The molecule has 0 N–H and O–H groups in total. The summed E-state index contributed by atoms with van der Waals surface area (Å²) in [4.78, 5) is 2.12. The van der Waals surface area contributed by atoms with Crippen LogP contribution in [0.25, 0.3) is 0 Å². The van der Waals surface area contributed by atoms with E-state index in [0.29, 0.717) is 6.44 Å². The van der Waals surface area contributed by atoms with Crippen molar-refractivity contribution in [3.63, 3.8) is 0 Å². The number of rotatable bonds is 3. The van der Waals surface area contributed by atoms with Gasteiger partial charge < -0.3 is 0 Å². The Morgan fingerprint density at radius 1 is 1.33 bits per heavy atom. The molecule has 4 nitrogen and oxygen atoms in total. The molecule has 0 atom stereocenters. The van der Waals surface area contributed by atoms with Gasteiger partial charge in [0.05, 0.1) is 0 Å². The first-order valence-electron chi connectivity index (χ1n) is 6.56. The summed E-state index contributed by atoms with van der Waals surface area (Å²) in [5.74, 6) is 0. The molecule has 18 heavy (non-hydrogen) atoms. The van der Waals surface area contributed by atoms with Gasteiger partial charge in [-0.05, 0) is 0 Å². The van der Waals surface area contributed by atoms with E-state index in [9.17, 15) is 4.70 Å². The molecular weight excluding hydrogens is 228 g/mol. The van der Waals surface area contributed by atoms with Crippen LogP contribution in [0.2, 0.25) is 0 Å². The van der Waals surface area contributed by atoms with Gasteiger partial charge in [-0.3, -0.25) is 0 Å². The Bertz CT molecular complexity index is 352. The average molecular weight is 249 g/mol. The van der Waals surface area contributed by atoms with Gasteiger partial charge in [0.25, 0.3) is 0 Å². The third-order valence-electron chi connectivity index (χ3n) is 4.15. The normalized spacial score (nSPS) is 26.9. The predicted octanol–water partition coefficient (Wildman–Crippen LogP) is 1.26. The minimum absolute atomic E-state index is 0.274. The van der Waals surface area contributed by atoms with Crippen LogP contribution in [0, 0.1) is 0 Å². The zero-order valence-corrected chi connectivity index (χ0v) is 11.7. The Labute approximate surface area is 110 Å². The zero-order valence-electron chi connectivity index (χ0n) is 11.7. The van der Waals surface area contributed by atoms with Crippen molar-refractivity contribution >= 4 is 14.3 Å². The summed E-state index contributed by atoms with van der Waals surface area (Å²) in [6, 6.07) is 0. The second kappa shape index (κ2) is 4.91. The van der Waals surface area contributed by atoms with Crippen molar-refractivity contribution in [1.82, 2.24) is 4.90 Å². The van der Waals surface area contributed by atoms with Crippen LogP contribution in [0.4, 0.5) is 0 Å². The van der Waals surface area contributed by atoms with Crippen LogP contribution in [-0.2, 0) is 14.0 Å². The van der Waals surface area contributed by atoms with Crippen molar-refractivity contribution in [2.45, 2.75) is 45.3 Å². The van der Waals surface area contributed by atoms with Crippen molar-refractivity contribution < 1.29 is 14.0 Å². The fourth-order valence-electron chi connectivity index (χ4n) is 2.26. The molecule has 0 aromatic heterocycles. The van der Waals surface area contributed by atoms with Crippen molar-refractivity contribution in [1.29, 1.82) is 0 Å². The molecule has 2 aliphatic rings. The SMILES string of the molecule is CC1(C)OB(C2=CCCN(CB=O)C2)OC1(C)C. The third-order valence-corrected chi connectivity index (χ3v) is 4.15. The van der Waals surface area contributed by atoms with Gasteiger partial charge in [0.1, 0.15) is 0 Å². The average Bonchev–Trinajstić information content (AvgIpc) is 2.49. The Hall–Kier alpha value is -0.450. The van der Waals surface area contributed by atoms with Gasteiger partial charge in [-0.2, -0.15) is 0 Å². The maximum atomic E-state index is 10.6. The van der Waals surface area contributed by atoms with Crippen LogP contribution >= 0.6 is 0 Å². The number of hydrogen-bond donors (Lipinski definition) is 0. The van der Waals surface area contributed by atoms with E-state index in [0.717, 1.165) is 32.1 Å². The molecule has 6 heteroatoms. The molecule has 2 heterocycles. The second-order valence-corrected chi connectivity index (χ2v) is 6.06. The number of nitrogens with zero attached hydrogens (tertiary/aromatic N) is 1. The fraction of sp³-hybridized carbons (Fsp3) is 0.833. The molecule has 0 aromatic rings. The molecule has 0 unspecified atom stereocenters. The van der Waals surface area contributed by atoms with Crippen molar-refractivity contribution in [3.8, 4) is 0 Å². The molecule has 0 bridgehead atoms. The summed E-state index contributed by atoms with van der Waals surface area (Å²) >= 11 is 0. The van der Waals surface area contributed by atoms with Gasteiger partial charge in [0, 0.05) is 0 Å². The second-order valence-electron chi connectivity index (χ2n) is 6.06. The third kappa shape index (κ3) is 2.60.